The second-order valence-corrected chi connectivity index (χ2v) is 6.99. The first-order chi connectivity index (χ1) is 13.6. The normalized spacial score (nSPS) is 11.1. The topological polar surface area (TPSA) is 55.1 Å². The van der Waals surface area contributed by atoms with Gasteiger partial charge >= 0.3 is 5.97 Å². The molecule has 2 aromatic heterocycles. The summed E-state index contributed by atoms with van der Waals surface area (Å²) in [6.07, 6.45) is 2.80. The Hall–Kier alpha value is -3.40. The first-order valence-corrected chi connectivity index (χ1v) is 9.44. The summed E-state index contributed by atoms with van der Waals surface area (Å²) in [4.78, 5) is 16.1. The zero-order valence-electron chi connectivity index (χ0n) is 16.0. The number of aryl methyl sites for hydroxylation is 2. The van der Waals surface area contributed by atoms with E-state index in [2.05, 4.69) is 41.6 Å². The molecule has 0 atom stereocenters. The summed E-state index contributed by atoms with van der Waals surface area (Å²) < 4.78 is 2.27. The van der Waals surface area contributed by atoms with Crippen molar-refractivity contribution < 1.29 is 9.90 Å². The van der Waals surface area contributed by atoms with Crippen molar-refractivity contribution in [3.05, 3.63) is 89.2 Å². The Bertz CT molecular complexity index is 1160. The minimum Gasteiger partial charge on any atom is -0.478 e. The van der Waals surface area contributed by atoms with Crippen molar-refractivity contribution in [2.24, 2.45) is 0 Å². The molecule has 4 rings (SSSR count). The van der Waals surface area contributed by atoms with E-state index in [1.54, 1.807) is 12.1 Å². The van der Waals surface area contributed by atoms with Crippen LogP contribution in [0.5, 0.6) is 0 Å². The number of carbonyl (C=O) groups is 1. The van der Waals surface area contributed by atoms with Gasteiger partial charge in [-0.3, -0.25) is 0 Å². The van der Waals surface area contributed by atoms with Gasteiger partial charge in [-0.1, -0.05) is 49.4 Å². The number of aromatic nitrogens is 2. The van der Waals surface area contributed by atoms with Crippen LogP contribution in [0, 0.1) is 6.92 Å². The van der Waals surface area contributed by atoms with Crippen molar-refractivity contribution >= 4 is 17.0 Å². The van der Waals surface area contributed by atoms with Gasteiger partial charge in [-0.2, -0.15) is 0 Å². The molecule has 0 aliphatic rings. The molecule has 0 saturated carbocycles. The second-order valence-electron chi connectivity index (χ2n) is 6.99. The van der Waals surface area contributed by atoms with E-state index in [9.17, 15) is 9.90 Å². The minimum atomic E-state index is -0.910. The average molecular weight is 370 g/mol. The first-order valence-electron chi connectivity index (χ1n) is 9.44. The SMILES string of the molecule is CCc1cc2c(C)ccnc2n1Cc1ccc(-c2ccccc2C(=O)O)cc1. The summed E-state index contributed by atoms with van der Waals surface area (Å²) in [5, 5.41) is 10.6. The summed E-state index contributed by atoms with van der Waals surface area (Å²) in [6.45, 7) is 5.01. The fourth-order valence-corrected chi connectivity index (χ4v) is 3.69. The van der Waals surface area contributed by atoms with Gasteiger partial charge in [0.2, 0.25) is 0 Å². The molecule has 1 N–H and O–H groups in total. The number of rotatable bonds is 5. The third-order valence-corrected chi connectivity index (χ3v) is 5.23. The lowest BCUT2D eigenvalue weighted by Crippen LogP contribution is -2.04. The third kappa shape index (κ3) is 3.18. The lowest BCUT2D eigenvalue weighted by atomic mass is 9.99. The molecule has 0 aliphatic heterocycles. The predicted octanol–water partition coefficient (Wildman–Crippen LogP) is 5.32. The van der Waals surface area contributed by atoms with Gasteiger partial charge in [-0.15, -0.1) is 0 Å². The van der Waals surface area contributed by atoms with Crippen LogP contribution in [0.15, 0.2) is 66.9 Å². The third-order valence-electron chi connectivity index (χ3n) is 5.23. The van der Waals surface area contributed by atoms with E-state index in [4.69, 9.17) is 0 Å². The van der Waals surface area contributed by atoms with E-state index in [0.29, 0.717) is 5.56 Å². The van der Waals surface area contributed by atoms with Gasteiger partial charge < -0.3 is 9.67 Å². The Kier molecular flexibility index (Phi) is 4.70. The zero-order chi connectivity index (χ0) is 19.7. The Morgan fingerprint density at radius 3 is 2.54 bits per heavy atom. The minimum absolute atomic E-state index is 0.319. The molecule has 0 amide bonds. The summed E-state index contributed by atoms with van der Waals surface area (Å²) in [6, 6.07) is 19.5. The molecule has 4 nitrogen and oxygen atoms in total. The molecule has 0 saturated heterocycles. The van der Waals surface area contributed by atoms with Crippen molar-refractivity contribution in [2.75, 3.05) is 0 Å². The Morgan fingerprint density at radius 1 is 1.07 bits per heavy atom. The molecule has 28 heavy (non-hydrogen) atoms. The van der Waals surface area contributed by atoms with Gasteiger partial charge in [-0.25, -0.2) is 9.78 Å². The van der Waals surface area contributed by atoms with Crippen LogP contribution < -0.4 is 0 Å². The largest absolute Gasteiger partial charge is 0.478 e. The number of carboxylic acids is 1. The number of nitrogens with zero attached hydrogens (tertiary/aromatic N) is 2. The van der Waals surface area contributed by atoms with Gasteiger partial charge in [0.15, 0.2) is 0 Å². The van der Waals surface area contributed by atoms with Crippen LogP contribution in [0.4, 0.5) is 0 Å². The summed E-state index contributed by atoms with van der Waals surface area (Å²) >= 11 is 0. The van der Waals surface area contributed by atoms with Crippen LogP contribution in [0.25, 0.3) is 22.2 Å². The van der Waals surface area contributed by atoms with Crippen LogP contribution in [0.3, 0.4) is 0 Å². The summed E-state index contributed by atoms with van der Waals surface area (Å²) in [7, 11) is 0. The molecule has 4 aromatic rings. The number of aromatic carboxylic acids is 1. The van der Waals surface area contributed by atoms with E-state index in [1.807, 2.05) is 36.5 Å². The van der Waals surface area contributed by atoms with Crippen molar-refractivity contribution in [1.29, 1.82) is 0 Å². The maximum Gasteiger partial charge on any atom is 0.336 e. The van der Waals surface area contributed by atoms with E-state index in [1.165, 1.54) is 16.6 Å². The molecule has 0 fully saturated rings. The molecular weight excluding hydrogens is 348 g/mol. The zero-order valence-corrected chi connectivity index (χ0v) is 16.0. The monoisotopic (exact) mass is 370 g/mol. The van der Waals surface area contributed by atoms with Gasteiger partial charge in [0.1, 0.15) is 5.65 Å². The Balaban J connectivity index is 1.69. The molecule has 0 aliphatic carbocycles. The van der Waals surface area contributed by atoms with E-state index >= 15 is 0 Å². The van der Waals surface area contributed by atoms with Gasteiger partial charge in [0, 0.05) is 23.8 Å². The van der Waals surface area contributed by atoms with Gasteiger partial charge in [0.25, 0.3) is 0 Å². The number of carboxylic acid groups (broad SMARTS) is 1. The van der Waals surface area contributed by atoms with Crippen molar-refractivity contribution in [3.63, 3.8) is 0 Å². The summed E-state index contributed by atoms with van der Waals surface area (Å²) in [5.41, 5.74) is 6.63. The fraction of sp³-hybridized carbons (Fsp3) is 0.167. The van der Waals surface area contributed by atoms with Crippen LogP contribution >= 0.6 is 0 Å². The van der Waals surface area contributed by atoms with Gasteiger partial charge in [0.05, 0.1) is 5.56 Å². The Labute approximate surface area is 164 Å². The van der Waals surface area contributed by atoms with Crippen LogP contribution in [-0.4, -0.2) is 20.6 Å². The highest BCUT2D eigenvalue weighted by Gasteiger charge is 2.13. The van der Waals surface area contributed by atoms with Gasteiger partial charge in [-0.05, 0) is 53.8 Å². The van der Waals surface area contributed by atoms with Crippen LogP contribution in [0.2, 0.25) is 0 Å². The second kappa shape index (κ2) is 7.31. The smallest absolute Gasteiger partial charge is 0.336 e. The molecule has 0 radical (unpaired) electrons. The molecular formula is C24H22N2O2. The van der Waals surface area contributed by atoms with Crippen molar-refractivity contribution in [2.45, 2.75) is 26.8 Å². The standard InChI is InChI=1S/C24H22N2O2/c1-3-19-14-22-16(2)12-13-25-23(22)26(19)15-17-8-10-18(11-9-17)20-6-4-5-7-21(20)24(27)28/h4-14H,3,15H2,1-2H3,(H,27,28). The first kappa shape index (κ1) is 18.0. The van der Waals surface area contributed by atoms with E-state index in [0.717, 1.165) is 35.3 Å². The van der Waals surface area contributed by atoms with Crippen molar-refractivity contribution in [1.82, 2.24) is 9.55 Å². The Morgan fingerprint density at radius 2 is 1.82 bits per heavy atom. The van der Waals surface area contributed by atoms with Crippen LogP contribution in [0.1, 0.15) is 34.1 Å². The molecule has 0 spiro atoms. The van der Waals surface area contributed by atoms with E-state index < -0.39 is 5.97 Å². The summed E-state index contributed by atoms with van der Waals surface area (Å²) in [5.74, 6) is -0.910. The maximum absolute atomic E-state index is 11.5. The van der Waals surface area contributed by atoms with Crippen molar-refractivity contribution in [3.8, 4) is 11.1 Å². The molecule has 2 aromatic carbocycles. The average Bonchev–Trinajstić information content (AvgIpc) is 3.07. The molecule has 0 unspecified atom stereocenters. The number of benzene rings is 2. The maximum atomic E-state index is 11.5. The number of pyridine rings is 1. The van der Waals surface area contributed by atoms with E-state index in [-0.39, 0.29) is 0 Å². The highest BCUT2D eigenvalue weighted by atomic mass is 16.4. The quantitative estimate of drug-likeness (QED) is 0.517. The lowest BCUT2D eigenvalue weighted by molar-refractivity contribution is 0.0697. The highest BCUT2D eigenvalue weighted by Crippen LogP contribution is 2.26. The number of hydrogen-bond donors (Lipinski definition) is 1. The molecule has 140 valence electrons. The predicted molar refractivity (Wildman–Crippen MR) is 112 cm³/mol. The lowest BCUT2D eigenvalue weighted by Gasteiger charge is -2.11. The fourth-order valence-electron chi connectivity index (χ4n) is 3.69. The number of hydrogen-bond acceptors (Lipinski definition) is 2. The molecule has 0 bridgehead atoms. The molecule has 4 heteroatoms. The highest BCUT2D eigenvalue weighted by molar-refractivity contribution is 5.96. The number of fused-ring (bicyclic) bond motifs is 1. The van der Waals surface area contributed by atoms with Crippen LogP contribution in [-0.2, 0) is 13.0 Å². The molecule has 2 heterocycles.